The average Bonchev–Trinajstić information content (AvgIpc) is 3.34. The summed E-state index contributed by atoms with van der Waals surface area (Å²) in [6, 6.07) is 12.1. The van der Waals surface area contributed by atoms with Crippen LogP contribution in [0.25, 0.3) is 10.8 Å². The second-order valence-corrected chi connectivity index (χ2v) is 13.1. The number of nitrogens with zero attached hydrogens (tertiary/aromatic N) is 1. The lowest BCUT2D eigenvalue weighted by Crippen LogP contribution is -2.11. The molecule has 0 aliphatic carbocycles. The number of fused-ring (bicyclic) bond motifs is 3. The molecule has 0 spiro atoms. The van der Waals surface area contributed by atoms with Crippen molar-refractivity contribution in [2.45, 2.75) is 54.9 Å². The summed E-state index contributed by atoms with van der Waals surface area (Å²) in [5.74, 6) is 0.307. The Morgan fingerprint density at radius 1 is 0.719 bits per heavy atom. The standard InChI is InChI=1S/C24H29NO4.C18H14Cl2O7.ClH/c1-5-26-21-10-9-17(14-22(21)27-6-2)13-20-19-16-24(29-8-4)23(28-7-3)15-18(19)11-12-25-20;1-5-9-16(11(20)13(22)10(5)19)26-14-6(2)8(17(23)25-4)12(21)7(3)15(14)27-18(9)24;/h9-12,14-16H,5-8,13H2,1-4H3;21-22H,1-4H3;1H. The fourth-order valence-corrected chi connectivity index (χ4v) is 6.66. The summed E-state index contributed by atoms with van der Waals surface area (Å²) in [7, 11) is 1.17. The van der Waals surface area contributed by atoms with Crippen molar-refractivity contribution in [2.75, 3.05) is 33.5 Å². The lowest BCUT2D eigenvalue weighted by Gasteiger charge is -2.17. The molecule has 5 aromatic rings. The summed E-state index contributed by atoms with van der Waals surface area (Å²) < 4.78 is 38.9. The molecule has 0 atom stereocenters. The highest BCUT2D eigenvalue weighted by molar-refractivity contribution is 6.39. The number of esters is 2. The normalized spacial score (nSPS) is 11.4. The molecular formula is C42H44Cl3NO11. The highest BCUT2D eigenvalue weighted by Crippen LogP contribution is 2.53. The van der Waals surface area contributed by atoms with Crippen LogP contribution in [-0.4, -0.2) is 60.7 Å². The molecule has 12 nitrogen and oxygen atoms in total. The van der Waals surface area contributed by atoms with Gasteiger partial charge in [0.15, 0.2) is 46.0 Å². The van der Waals surface area contributed by atoms with Crippen molar-refractivity contribution >= 4 is 58.3 Å². The fraction of sp³-hybridized carbons (Fsp3) is 0.310. The maximum absolute atomic E-state index is 12.7. The van der Waals surface area contributed by atoms with Gasteiger partial charge in [-0.3, -0.25) is 4.98 Å². The van der Waals surface area contributed by atoms with Crippen LogP contribution < -0.4 is 28.4 Å². The summed E-state index contributed by atoms with van der Waals surface area (Å²) in [5.41, 5.74) is 2.36. The second kappa shape index (κ2) is 19.2. The summed E-state index contributed by atoms with van der Waals surface area (Å²) in [5, 5.41) is 22.2. The predicted octanol–water partition coefficient (Wildman–Crippen LogP) is 10.3. The number of halogens is 3. The number of methoxy groups -OCH3 is 1. The molecule has 15 heteroatoms. The van der Waals surface area contributed by atoms with Gasteiger partial charge >= 0.3 is 11.9 Å². The molecule has 0 radical (unpaired) electrons. The van der Waals surface area contributed by atoms with E-state index in [1.54, 1.807) is 0 Å². The van der Waals surface area contributed by atoms with Crippen molar-refractivity contribution in [1.29, 1.82) is 0 Å². The topological polar surface area (TPSA) is 152 Å². The van der Waals surface area contributed by atoms with Gasteiger partial charge in [0, 0.05) is 29.1 Å². The zero-order valence-electron chi connectivity index (χ0n) is 32.8. The Labute approximate surface area is 346 Å². The van der Waals surface area contributed by atoms with E-state index >= 15 is 0 Å². The van der Waals surface area contributed by atoms with Crippen LogP contribution in [0.5, 0.6) is 51.7 Å². The lowest BCUT2D eigenvalue weighted by atomic mass is 10.0. The molecule has 2 N–H and O–H groups in total. The van der Waals surface area contributed by atoms with E-state index in [1.807, 2.05) is 64.2 Å². The van der Waals surface area contributed by atoms with Gasteiger partial charge < -0.3 is 43.4 Å². The molecular weight excluding hydrogens is 801 g/mol. The third-order valence-electron chi connectivity index (χ3n) is 8.88. The molecule has 0 amide bonds. The molecule has 0 saturated heterocycles. The maximum Gasteiger partial charge on any atom is 0.347 e. The smallest absolute Gasteiger partial charge is 0.347 e. The molecule has 57 heavy (non-hydrogen) atoms. The quantitative estimate of drug-likeness (QED) is 0.0961. The van der Waals surface area contributed by atoms with E-state index in [4.69, 9.17) is 56.4 Å². The van der Waals surface area contributed by atoms with Gasteiger partial charge in [-0.25, -0.2) is 9.59 Å². The van der Waals surface area contributed by atoms with Gasteiger partial charge in [0.1, 0.15) is 21.9 Å². The van der Waals surface area contributed by atoms with E-state index in [0.717, 1.165) is 45.0 Å². The minimum absolute atomic E-state index is 0. The first-order chi connectivity index (χ1) is 26.8. The minimum Gasteiger partial charge on any atom is -0.507 e. The number of phenolic OH excluding ortho intramolecular Hbond substituents is 2. The van der Waals surface area contributed by atoms with Gasteiger partial charge in [-0.1, -0.05) is 29.3 Å². The van der Waals surface area contributed by atoms with Crippen LogP contribution in [0.15, 0.2) is 42.6 Å². The second-order valence-electron chi connectivity index (χ2n) is 12.4. The number of carbonyl (C=O) groups is 2. The van der Waals surface area contributed by atoms with Crippen molar-refractivity contribution in [3.8, 4) is 51.7 Å². The number of aromatic hydroxyl groups is 2. The summed E-state index contributed by atoms with van der Waals surface area (Å²) in [4.78, 5) is 29.4. The molecule has 0 saturated carbocycles. The molecule has 4 aromatic carbocycles. The molecule has 0 unspecified atom stereocenters. The van der Waals surface area contributed by atoms with Gasteiger partial charge in [-0.2, -0.15) is 0 Å². The van der Waals surface area contributed by atoms with Crippen LogP contribution in [0.1, 0.15) is 76.4 Å². The summed E-state index contributed by atoms with van der Waals surface area (Å²) >= 11 is 12.2. The zero-order valence-corrected chi connectivity index (χ0v) is 35.1. The number of carbonyl (C=O) groups excluding carboxylic acids is 2. The van der Waals surface area contributed by atoms with Crippen LogP contribution in [0.2, 0.25) is 10.0 Å². The Morgan fingerprint density at radius 3 is 1.91 bits per heavy atom. The largest absolute Gasteiger partial charge is 0.507 e. The van der Waals surface area contributed by atoms with E-state index in [0.29, 0.717) is 32.8 Å². The first kappa shape index (κ1) is 44.4. The van der Waals surface area contributed by atoms with Crippen LogP contribution >= 0.6 is 35.6 Å². The van der Waals surface area contributed by atoms with E-state index < -0.39 is 23.4 Å². The number of ether oxygens (including phenoxy) is 7. The summed E-state index contributed by atoms with van der Waals surface area (Å²) in [6.07, 6.45) is 2.52. The lowest BCUT2D eigenvalue weighted by molar-refractivity contribution is 0.0595. The number of phenols is 2. The number of rotatable bonds is 11. The Morgan fingerprint density at radius 2 is 1.30 bits per heavy atom. The Bertz CT molecular complexity index is 2310. The van der Waals surface area contributed by atoms with E-state index in [-0.39, 0.29) is 67.5 Å². The van der Waals surface area contributed by atoms with Crippen molar-refractivity contribution in [2.24, 2.45) is 0 Å². The molecule has 1 aliphatic rings. The number of pyridine rings is 1. The Balaban J connectivity index is 0.000000249. The van der Waals surface area contributed by atoms with Crippen molar-refractivity contribution < 1.29 is 53.0 Å². The minimum atomic E-state index is -0.835. The van der Waals surface area contributed by atoms with Crippen LogP contribution in [0.4, 0.5) is 0 Å². The van der Waals surface area contributed by atoms with Gasteiger partial charge in [-0.05, 0) is 95.3 Å². The SMILES string of the molecule is CCOc1ccc(Cc2nccc3cc(OCC)c(OCC)cc23)cc1OCC.COC(=O)c1c(C)c2c(c(C)c1O)OC(=O)c1c(C)c(Cl)c(O)c(Cl)c1O2.Cl. The molecule has 0 bridgehead atoms. The van der Waals surface area contributed by atoms with Crippen LogP contribution in [-0.2, 0) is 11.2 Å². The third-order valence-corrected chi connectivity index (χ3v) is 9.70. The van der Waals surface area contributed by atoms with Gasteiger partial charge in [0.05, 0.1) is 44.3 Å². The number of hydrogen-bond acceptors (Lipinski definition) is 12. The molecule has 1 aliphatic heterocycles. The molecule has 6 rings (SSSR count). The van der Waals surface area contributed by atoms with Crippen molar-refractivity contribution in [3.05, 3.63) is 91.7 Å². The molecule has 1 aromatic heterocycles. The molecule has 2 heterocycles. The molecule has 0 fully saturated rings. The molecule has 304 valence electrons. The first-order valence-electron chi connectivity index (χ1n) is 17.9. The number of aromatic nitrogens is 1. The highest BCUT2D eigenvalue weighted by Gasteiger charge is 2.35. The Kier molecular flexibility index (Phi) is 15.0. The number of benzene rings is 4. The average molecular weight is 845 g/mol. The monoisotopic (exact) mass is 843 g/mol. The maximum atomic E-state index is 12.7. The Hall–Kier alpha value is -5.30. The van der Waals surface area contributed by atoms with Crippen LogP contribution in [0, 0.1) is 20.8 Å². The van der Waals surface area contributed by atoms with E-state index in [2.05, 4.69) is 11.1 Å². The summed E-state index contributed by atoms with van der Waals surface area (Å²) in [6.45, 7) is 14.7. The van der Waals surface area contributed by atoms with Crippen molar-refractivity contribution in [3.63, 3.8) is 0 Å². The van der Waals surface area contributed by atoms with E-state index in [1.165, 1.54) is 27.9 Å². The van der Waals surface area contributed by atoms with E-state index in [9.17, 15) is 19.8 Å². The highest BCUT2D eigenvalue weighted by atomic mass is 35.5. The fourth-order valence-electron chi connectivity index (χ4n) is 6.20. The first-order valence-corrected chi connectivity index (χ1v) is 18.7. The number of hydrogen-bond donors (Lipinski definition) is 2. The van der Waals surface area contributed by atoms with Gasteiger partial charge in [0.2, 0.25) is 0 Å². The zero-order chi connectivity index (χ0) is 40.8. The van der Waals surface area contributed by atoms with Crippen LogP contribution in [0.3, 0.4) is 0 Å². The predicted molar refractivity (Wildman–Crippen MR) is 220 cm³/mol. The third kappa shape index (κ3) is 8.98. The van der Waals surface area contributed by atoms with Gasteiger partial charge in [0.25, 0.3) is 0 Å². The van der Waals surface area contributed by atoms with Crippen molar-refractivity contribution in [1.82, 2.24) is 4.98 Å². The van der Waals surface area contributed by atoms with Gasteiger partial charge in [-0.15, -0.1) is 12.4 Å².